The molecule has 0 bridgehead atoms. The number of ether oxygens (including phenoxy) is 1. The minimum absolute atomic E-state index is 0.0382. The van der Waals surface area contributed by atoms with Crippen LogP contribution in [0.4, 0.5) is 0 Å². The normalized spacial score (nSPS) is 16.4. The van der Waals surface area contributed by atoms with Crippen molar-refractivity contribution in [3.8, 4) is 0 Å². The number of hydrogen-bond donors (Lipinski definition) is 2. The molecule has 1 saturated heterocycles. The number of rotatable bonds is 9. The van der Waals surface area contributed by atoms with Gasteiger partial charge in [0.1, 0.15) is 0 Å². The zero-order chi connectivity index (χ0) is 22.8. The van der Waals surface area contributed by atoms with Gasteiger partial charge in [0.15, 0.2) is 5.96 Å². The molecule has 2 aromatic carbocycles. The maximum Gasteiger partial charge on any atom is 0.225 e. The lowest BCUT2D eigenvalue weighted by atomic mass is 10.1. The molecule has 0 saturated carbocycles. The summed E-state index contributed by atoms with van der Waals surface area (Å²) < 4.78 is 5.94. The molecule has 1 atom stereocenters. The smallest absolute Gasteiger partial charge is 0.225 e. The SMILES string of the molecule is CCNC(=NCc1ccccc1COCc1ccccc1)NC1CCN(C(=O)C(C)C)C1. The van der Waals surface area contributed by atoms with Crippen LogP contribution in [-0.4, -0.2) is 42.4 Å². The van der Waals surface area contributed by atoms with Gasteiger partial charge in [0, 0.05) is 31.6 Å². The van der Waals surface area contributed by atoms with Gasteiger partial charge in [-0.25, -0.2) is 4.99 Å². The summed E-state index contributed by atoms with van der Waals surface area (Å²) in [6.07, 6.45) is 0.937. The first kappa shape index (κ1) is 23.8. The predicted octanol–water partition coefficient (Wildman–Crippen LogP) is 3.72. The van der Waals surface area contributed by atoms with Gasteiger partial charge < -0.3 is 20.3 Å². The number of carbonyl (C=O) groups is 1. The van der Waals surface area contributed by atoms with E-state index < -0.39 is 0 Å². The summed E-state index contributed by atoms with van der Waals surface area (Å²) in [5.41, 5.74) is 3.47. The lowest BCUT2D eigenvalue weighted by molar-refractivity contribution is -0.133. The number of benzene rings is 2. The molecule has 172 valence electrons. The molecule has 1 amide bonds. The third kappa shape index (κ3) is 7.09. The summed E-state index contributed by atoms with van der Waals surface area (Å²) in [7, 11) is 0. The van der Waals surface area contributed by atoms with Crippen LogP contribution in [0.2, 0.25) is 0 Å². The Kier molecular flexibility index (Phi) is 9.11. The number of aliphatic imine (C=N–C) groups is 1. The van der Waals surface area contributed by atoms with Gasteiger partial charge in [0.25, 0.3) is 0 Å². The van der Waals surface area contributed by atoms with Crippen molar-refractivity contribution in [3.05, 3.63) is 71.3 Å². The van der Waals surface area contributed by atoms with E-state index in [2.05, 4.69) is 41.8 Å². The third-order valence-corrected chi connectivity index (χ3v) is 5.57. The summed E-state index contributed by atoms with van der Waals surface area (Å²) in [6, 6.07) is 18.7. The predicted molar refractivity (Wildman–Crippen MR) is 129 cm³/mol. The number of carbonyl (C=O) groups excluding carboxylic acids is 1. The Labute approximate surface area is 192 Å². The molecule has 1 aliphatic rings. The van der Waals surface area contributed by atoms with Crippen molar-refractivity contribution in [1.29, 1.82) is 0 Å². The third-order valence-electron chi connectivity index (χ3n) is 5.57. The van der Waals surface area contributed by atoms with Gasteiger partial charge in [0.05, 0.1) is 19.8 Å². The fourth-order valence-electron chi connectivity index (χ4n) is 3.83. The molecule has 0 aliphatic carbocycles. The second-order valence-electron chi connectivity index (χ2n) is 8.51. The second-order valence-corrected chi connectivity index (χ2v) is 8.51. The molecule has 32 heavy (non-hydrogen) atoms. The van der Waals surface area contributed by atoms with Gasteiger partial charge in [-0.3, -0.25) is 4.79 Å². The van der Waals surface area contributed by atoms with Crippen LogP contribution in [0, 0.1) is 5.92 Å². The van der Waals surface area contributed by atoms with Crippen molar-refractivity contribution in [1.82, 2.24) is 15.5 Å². The van der Waals surface area contributed by atoms with E-state index in [0.717, 1.165) is 43.1 Å². The first-order chi connectivity index (χ1) is 15.6. The Morgan fingerprint density at radius 1 is 1.09 bits per heavy atom. The van der Waals surface area contributed by atoms with Gasteiger partial charge in [-0.15, -0.1) is 0 Å². The van der Waals surface area contributed by atoms with Crippen LogP contribution in [0.25, 0.3) is 0 Å². The van der Waals surface area contributed by atoms with Crippen molar-refractivity contribution in [2.45, 2.75) is 53.0 Å². The highest BCUT2D eigenvalue weighted by atomic mass is 16.5. The van der Waals surface area contributed by atoms with Crippen LogP contribution in [-0.2, 0) is 29.3 Å². The average molecular weight is 437 g/mol. The van der Waals surface area contributed by atoms with E-state index in [1.165, 1.54) is 5.56 Å². The molecular weight excluding hydrogens is 400 g/mol. The van der Waals surface area contributed by atoms with E-state index >= 15 is 0 Å². The van der Waals surface area contributed by atoms with Crippen LogP contribution in [0.1, 0.15) is 43.9 Å². The highest BCUT2D eigenvalue weighted by Crippen LogP contribution is 2.15. The highest BCUT2D eigenvalue weighted by molar-refractivity contribution is 5.81. The van der Waals surface area contributed by atoms with Crippen molar-refractivity contribution >= 4 is 11.9 Å². The molecular formula is C26H36N4O2. The van der Waals surface area contributed by atoms with Crippen LogP contribution >= 0.6 is 0 Å². The molecule has 2 N–H and O–H groups in total. The maximum atomic E-state index is 12.3. The molecule has 3 rings (SSSR count). The van der Waals surface area contributed by atoms with Gasteiger partial charge in [0.2, 0.25) is 5.91 Å². The Bertz CT molecular complexity index is 882. The fraction of sp³-hybridized carbons (Fsp3) is 0.462. The monoisotopic (exact) mass is 436 g/mol. The number of hydrogen-bond acceptors (Lipinski definition) is 3. The number of guanidine groups is 1. The molecule has 0 aromatic heterocycles. The standard InChI is InChI=1S/C26H36N4O2/c1-4-27-26(29-24-14-15-30(17-24)25(31)20(2)3)28-16-22-12-8-9-13-23(22)19-32-18-21-10-6-5-7-11-21/h5-13,20,24H,4,14-19H2,1-3H3,(H2,27,28,29). The van der Waals surface area contributed by atoms with Crippen LogP contribution in [0.3, 0.4) is 0 Å². The molecule has 1 heterocycles. The second kappa shape index (κ2) is 12.2. The van der Waals surface area contributed by atoms with Gasteiger partial charge >= 0.3 is 0 Å². The van der Waals surface area contributed by atoms with Crippen LogP contribution < -0.4 is 10.6 Å². The molecule has 0 spiro atoms. The van der Waals surface area contributed by atoms with E-state index in [4.69, 9.17) is 9.73 Å². The van der Waals surface area contributed by atoms with E-state index in [9.17, 15) is 4.79 Å². The highest BCUT2D eigenvalue weighted by Gasteiger charge is 2.27. The van der Waals surface area contributed by atoms with Gasteiger partial charge in [-0.1, -0.05) is 68.4 Å². The minimum Gasteiger partial charge on any atom is -0.372 e. The van der Waals surface area contributed by atoms with Crippen molar-refractivity contribution in [2.75, 3.05) is 19.6 Å². The molecule has 6 nitrogen and oxygen atoms in total. The summed E-state index contributed by atoms with van der Waals surface area (Å²) in [5, 5.41) is 6.84. The van der Waals surface area contributed by atoms with Crippen LogP contribution in [0.5, 0.6) is 0 Å². The largest absolute Gasteiger partial charge is 0.372 e. The van der Waals surface area contributed by atoms with Gasteiger partial charge in [-0.05, 0) is 30.0 Å². The first-order valence-electron chi connectivity index (χ1n) is 11.6. The average Bonchev–Trinajstić information content (AvgIpc) is 3.27. The molecule has 1 aliphatic heterocycles. The molecule has 1 fully saturated rings. The Morgan fingerprint density at radius 2 is 1.81 bits per heavy atom. The fourth-order valence-corrected chi connectivity index (χ4v) is 3.83. The summed E-state index contributed by atoms with van der Waals surface area (Å²) in [4.78, 5) is 19.0. The zero-order valence-corrected chi connectivity index (χ0v) is 19.5. The molecule has 2 aromatic rings. The lowest BCUT2D eigenvalue weighted by Gasteiger charge is -2.20. The Hall–Kier alpha value is -2.86. The number of likely N-dealkylation sites (tertiary alicyclic amines) is 1. The molecule has 1 unspecified atom stereocenters. The zero-order valence-electron chi connectivity index (χ0n) is 19.5. The lowest BCUT2D eigenvalue weighted by Crippen LogP contribution is -2.45. The van der Waals surface area contributed by atoms with Crippen molar-refractivity contribution < 1.29 is 9.53 Å². The summed E-state index contributed by atoms with van der Waals surface area (Å²) in [6.45, 7) is 10.0. The summed E-state index contributed by atoms with van der Waals surface area (Å²) in [5.74, 6) is 1.05. The van der Waals surface area contributed by atoms with Gasteiger partial charge in [-0.2, -0.15) is 0 Å². The van der Waals surface area contributed by atoms with E-state index in [1.54, 1.807) is 0 Å². The van der Waals surface area contributed by atoms with Crippen LogP contribution in [0.15, 0.2) is 59.6 Å². The quantitative estimate of drug-likeness (QED) is 0.465. The number of amides is 1. The summed E-state index contributed by atoms with van der Waals surface area (Å²) >= 11 is 0. The van der Waals surface area contributed by atoms with Crippen molar-refractivity contribution in [2.24, 2.45) is 10.9 Å². The van der Waals surface area contributed by atoms with Crippen molar-refractivity contribution in [3.63, 3.8) is 0 Å². The molecule has 6 heteroatoms. The Morgan fingerprint density at radius 3 is 2.53 bits per heavy atom. The van der Waals surface area contributed by atoms with E-state index in [1.807, 2.05) is 49.1 Å². The number of nitrogens with zero attached hydrogens (tertiary/aromatic N) is 2. The topological polar surface area (TPSA) is 66.0 Å². The molecule has 0 radical (unpaired) electrons. The van der Waals surface area contributed by atoms with E-state index in [0.29, 0.717) is 19.8 Å². The Balaban J connectivity index is 1.57. The first-order valence-corrected chi connectivity index (χ1v) is 11.6. The maximum absolute atomic E-state index is 12.3. The van der Waals surface area contributed by atoms with E-state index in [-0.39, 0.29) is 17.9 Å². The minimum atomic E-state index is 0.0382. The number of nitrogens with one attached hydrogen (secondary N) is 2.